The van der Waals surface area contributed by atoms with E-state index in [1.54, 1.807) is 13.1 Å². The third-order valence-corrected chi connectivity index (χ3v) is 4.38. The van der Waals surface area contributed by atoms with Crippen LogP contribution in [0.1, 0.15) is 28.9 Å². The molecule has 98 valence electrons. The van der Waals surface area contributed by atoms with E-state index in [4.69, 9.17) is 0 Å². The number of aryl methyl sites for hydroxylation is 1. The molecule has 1 atom stereocenters. The second-order valence-electron chi connectivity index (χ2n) is 4.48. The van der Waals surface area contributed by atoms with E-state index in [9.17, 15) is 4.79 Å². The molecule has 0 aliphatic carbocycles. The van der Waals surface area contributed by atoms with Gasteiger partial charge < -0.3 is 10.6 Å². The minimum Gasteiger partial charge on any atom is -0.373 e. The van der Waals surface area contributed by atoms with Gasteiger partial charge in [-0.1, -0.05) is 0 Å². The summed E-state index contributed by atoms with van der Waals surface area (Å²) in [6.45, 7) is 2.66. The van der Waals surface area contributed by atoms with Crippen molar-refractivity contribution >= 4 is 23.5 Å². The number of nitrogens with zero attached hydrogens (tertiary/aromatic N) is 1. The van der Waals surface area contributed by atoms with Gasteiger partial charge in [0.1, 0.15) is 5.82 Å². The molecule has 5 heteroatoms. The third kappa shape index (κ3) is 3.38. The van der Waals surface area contributed by atoms with E-state index in [-0.39, 0.29) is 5.91 Å². The number of aromatic nitrogens is 1. The van der Waals surface area contributed by atoms with Crippen molar-refractivity contribution < 1.29 is 4.79 Å². The van der Waals surface area contributed by atoms with Gasteiger partial charge in [-0.15, -0.1) is 0 Å². The first kappa shape index (κ1) is 13.2. The number of pyridine rings is 1. The minimum atomic E-state index is -0.00972. The predicted molar refractivity (Wildman–Crippen MR) is 76.3 cm³/mol. The fourth-order valence-corrected chi connectivity index (χ4v) is 3.24. The van der Waals surface area contributed by atoms with Crippen molar-refractivity contribution in [2.75, 3.05) is 24.7 Å². The number of carbonyl (C=O) groups is 1. The van der Waals surface area contributed by atoms with Gasteiger partial charge in [0.25, 0.3) is 5.91 Å². The van der Waals surface area contributed by atoms with E-state index < -0.39 is 0 Å². The maximum absolute atomic E-state index is 12.0. The van der Waals surface area contributed by atoms with E-state index in [0.29, 0.717) is 10.8 Å². The average molecular weight is 265 g/mol. The Morgan fingerprint density at radius 3 is 3.06 bits per heavy atom. The summed E-state index contributed by atoms with van der Waals surface area (Å²) in [7, 11) is 1.80. The first-order chi connectivity index (χ1) is 8.69. The lowest BCUT2D eigenvalue weighted by Gasteiger charge is -2.11. The minimum absolute atomic E-state index is 0.00972. The molecule has 1 fully saturated rings. The van der Waals surface area contributed by atoms with Crippen molar-refractivity contribution in [1.82, 2.24) is 10.3 Å². The molecule has 2 heterocycles. The predicted octanol–water partition coefficient (Wildman–Crippen LogP) is 2.06. The molecule has 1 saturated heterocycles. The molecule has 0 bridgehead atoms. The number of carbonyl (C=O) groups excluding carboxylic acids is 1. The highest BCUT2D eigenvalue weighted by molar-refractivity contribution is 8.00. The topological polar surface area (TPSA) is 54.0 Å². The van der Waals surface area contributed by atoms with Crippen molar-refractivity contribution in [2.24, 2.45) is 0 Å². The summed E-state index contributed by atoms with van der Waals surface area (Å²) < 4.78 is 0. The summed E-state index contributed by atoms with van der Waals surface area (Å²) in [5, 5.41) is 6.55. The van der Waals surface area contributed by atoms with E-state index >= 15 is 0 Å². The van der Waals surface area contributed by atoms with E-state index in [1.807, 2.05) is 24.8 Å². The molecule has 18 heavy (non-hydrogen) atoms. The maximum atomic E-state index is 12.0. The zero-order valence-corrected chi connectivity index (χ0v) is 11.6. The molecule has 1 unspecified atom stereocenters. The van der Waals surface area contributed by atoms with Crippen molar-refractivity contribution in [3.8, 4) is 0 Å². The monoisotopic (exact) mass is 265 g/mol. The van der Waals surface area contributed by atoms with E-state index in [1.165, 1.54) is 18.6 Å². The Bertz CT molecular complexity index is 430. The normalized spacial score (nSPS) is 18.7. The van der Waals surface area contributed by atoms with Gasteiger partial charge in [-0.3, -0.25) is 4.79 Å². The van der Waals surface area contributed by atoms with E-state index in [0.717, 1.165) is 18.1 Å². The summed E-state index contributed by atoms with van der Waals surface area (Å²) in [4.78, 5) is 16.3. The van der Waals surface area contributed by atoms with Crippen LogP contribution in [0.4, 0.5) is 5.82 Å². The van der Waals surface area contributed by atoms with Crippen LogP contribution in [-0.4, -0.2) is 35.5 Å². The van der Waals surface area contributed by atoms with Crippen molar-refractivity contribution in [3.05, 3.63) is 23.4 Å². The van der Waals surface area contributed by atoms with E-state index in [2.05, 4.69) is 15.6 Å². The fourth-order valence-electron chi connectivity index (χ4n) is 2.04. The quantitative estimate of drug-likeness (QED) is 0.875. The van der Waals surface area contributed by atoms with Crippen LogP contribution in [0.25, 0.3) is 0 Å². The first-order valence-corrected chi connectivity index (χ1v) is 7.30. The summed E-state index contributed by atoms with van der Waals surface area (Å²) in [6.07, 6.45) is 2.48. The molecular weight excluding hydrogens is 246 g/mol. The van der Waals surface area contributed by atoms with Gasteiger partial charge in [0.05, 0.1) is 0 Å². The summed E-state index contributed by atoms with van der Waals surface area (Å²) in [6, 6.07) is 3.60. The molecule has 2 N–H and O–H groups in total. The molecule has 0 radical (unpaired) electrons. The number of anilines is 1. The molecule has 4 nitrogen and oxygen atoms in total. The van der Waals surface area contributed by atoms with Gasteiger partial charge in [0.2, 0.25) is 0 Å². The Balaban J connectivity index is 1.97. The number of amides is 1. The molecule has 0 spiro atoms. The zero-order valence-electron chi connectivity index (χ0n) is 10.8. The molecule has 2 rings (SSSR count). The first-order valence-electron chi connectivity index (χ1n) is 6.25. The second-order valence-corrected chi connectivity index (χ2v) is 5.89. The molecule has 0 aromatic carbocycles. The third-order valence-electron chi connectivity index (χ3n) is 2.99. The Hall–Kier alpha value is -1.23. The number of hydrogen-bond acceptors (Lipinski definition) is 4. The fraction of sp³-hybridized carbons (Fsp3) is 0.538. The molecule has 0 saturated carbocycles. The molecule has 1 aromatic heterocycles. The van der Waals surface area contributed by atoms with Crippen molar-refractivity contribution in [3.63, 3.8) is 0 Å². The Morgan fingerprint density at radius 2 is 2.39 bits per heavy atom. The lowest BCUT2D eigenvalue weighted by molar-refractivity contribution is 0.0953. The smallest absolute Gasteiger partial charge is 0.251 e. The zero-order chi connectivity index (χ0) is 13.0. The number of thioether (sulfide) groups is 1. The number of hydrogen-bond donors (Lipinski definition) is 2. The Labute approximate surface area is 112 Å². The Morgan fingerprint density at radius 1 is 1.56 bits per heavy atom. The van der Waals surface area contributed by atoms with Gasteiger partial charge in [0, 0.05) is 30.1 Å². The maximum Gasteiger partial charge on any atom is 0.251 e. The van der Waals surface area contributed by atoms with Gasteiger partial charge in [0.15, 0.2) is 0 Å². The lowest BCUT2D eigenvalue weighted by Crippen LogP contribution is -2.29. The van der Waals surface area contributed by atoms with Crippen LogP contribution in [0, 0.1) is 6.92 Å². The molecule has 1 amide bonds. The SMILES string of the molecule is CNc1cc(C(=O)NCC2CCCS2)cc(C)n1. The number of rotatable bonds is 4. The number of nitrogens with one attached hydrogen (secondary N) is 2. The van der Waals surface area contributed by atoms with Crippen LogP contribution in [-0.2, 0) is 0 Å². The summed E-state index contributed by atoms with van der Waals surface area (Å²) >= 11 is 1.95. The van der Waals surface area contributed by atoms with Crippen molar-refractivity contribution in [1.29, 1.82) is 0 Å². The molecular formula is C13H19N3OS. The summed E-state index contributed by atoms with van der Waals surface area (Å²) in [5.41, 5.74) is 1.53. The average Bonchev–Trinajstić information content (AvgIpc) is 2.88. The molecule has 1 aromatic rings. The standard InChI is InChI=1S/C13H19N3OS/c1-9-6-10(7-12(14-2)16-9)13(17)15-8-11-4-3-5-18-11/h6-7,11H,3-5,8H2,1-2H3,(H,14,16)(H,15,17). The second kappa shape index (κ2) is 6.09. The largest absolute Gasteiger partial charge is 0.373 e. The summed E-state index contributed by atoms with van der Waals surface area (Å²) in [5.74, 6) is 1.94. The molecule has 1 aliphatic heterocycles. The van der Waals surface area contributed by atoms with Crippen molar-refractivity contribution in [2.45, 2.75) is 25.0 Å². The van der Waals surface area contributed by atoms with Crippen LogP contribution in [0.3, 0.4) is 0 Å². The highest BCUT2D eigenvalue weighted by atomic mass is 32.2. The van der Waals surface area contributed by atoms with Crippen LogP contribution in [0.2, 0.25) is 0 Å². The van der Waals surface area contributed by atoms with Gasteiger partial charge in [-0.25, -0.2) is 4.98 Å². The molecule has 1 aliphatic rings. The van der Waals surface area contributed by atoms with Gasteiger partial charge >= 0.3 is 0 Å². The van der Waals surface area contributed by atoms with Gasteiger partial charge in [-0.05, 0) is 37.7 Å². The van der Waals surface area contributed by atoms with Crippen LogP contribution < -0.4 is 10.6 Å². The lowest BCUT2D eigenvalue weighted by atomic mass is 10.2. The highest BCUT2D eigenvalue weighted by Crippen LogP contribution is 2.25. The Kier molecular flexibility index (Phi) is 4.47. The highest BCUT2D eigenvalue weighted by Gasteiger charge is 2.17. The van der Waals surface area contributed by atoms with Crippen LogP contribution in [0.5, 0.6) is 0 Å². The van der Waals surface area contributed by atoms with Crippen LogP contribution >= 0.6 is 11.8 Å². The van der Waals surface area contributed by atoms with Crippen LogP contribution in [0.15, 0.2) is 12.1 Å². The van der Waals surface area contributed by atoms with Gasteiger partial charge in [-0.2, -0.15) is 11.8 Å².